The van der Waals surface area contributed by atoms with Gasteiger partial charge in [0.25, 0.3) is 0 Å². The number of ether oxygens (including phenoxy) is 2. The summed E-state index contributed by atoms with van der Waals surface area (Å²) in [6.45, 7) is 9.31. The molecule has 0 saturated carbocycles. The standard InChI is InChI=1S/C22H25N3O2S/c1-5-26-20-10-8-17(12-21(20)27-6-2)13-23-25-22-24-19(14-28-22)18-9-7-15(3)16(4)11-18/h7-14H,5-6H2,1-4H3,(H,24,25)/b23-13-. The van der Waals surface area contributed by atoms with E-state index in [1.54, 1.807) is 6.21 Å². The summed E-state index contributed by atoms with van der Waals surface area (Å²) in [4.78, 5) is 4.62. The molecular weight excluding hydrogens is 370 g/mol. The van der Waals surface area contributed by atoms with E-state index in [-0.39, 0.29) is 0 Å². The largest absolute Gasteiger partial charge is 0.490 e. The predicted octanol–water partition coefficient (Wildman–Crippen LogP) is 5.67. The Hall–Kier alpha value is -2.86. The quantitative estimate of drug-likeness (QED) is 0.394. The molecule has 2 aromatic carbocycles. The molecular formula is C22H25N3O2S. The molecule has 0 aliphatic rings. The molecule has 6 heteroatoms. The van der Waals surface area contributed by atoms with E-state index in [0.29, 0.717) is 13.2 Å². The molecule has 3 aromatic rings. The van der Waals surface area contributed by atoms with Crippen LogP contribution in [0.5, 0.6) is 11.5 Å². The Morgan fingerprint density at radius 2 is 1.79 bits per heavy atom. The molecule has 0 bridgehead atoms. The van der Waals surface area contributed by atoms with Gasteiger partial charge in [-0.25, -0.2) is 4.98 Å². The normalized spacial score (nSPS) is 11.0. The molecule has 0 fully saturated rings. The maximum atomic E-state index is 5.65. The van der Waals surface area contributed by atoms with Crippen molar-refractivity contribution < 1.29 is 9.47 Å². The second kappa shape index (κ2) is 9.37. The summed E-state index contributed by atoms with van der Waals surface area (Å²) in [5, 5.41) is 7.09. The number of thiazole rings is 1. The minimum absolute atomic E-state index is 0.583. The zero-order valence-electron chi connectivity index (χ0n) is 16.7. The van der Waals surface area contributed by atoms with Crippen molar-refractivity contribution in [1.29, 1.82) is 0 Å². The van der Waals surface area contributed by atoms with Crippen LogP contribution in [0.25, 0.3) is 11.3 Å². The first kappa shape index (κ1) is 19.9. The third kappa shape index (κ3) is 4.89. The minimum atomic E-state index is 0.583. The Balaban J connectivity index is 1.68. The van der Waals surface area contributed by atoms with Gasteiger partial charge in [-0.1, -0.05) is 12.1 Å². The fraction of sp³-hybridized carbons (Fsp3) is 0.273. The van der Waals surface area contributed by atoms with Crippen LogP contribution < -0.4 is 14.9 Å². The molecule has 0 unspecified atom stereocenters. The number of aromatic nitrogens is 1. The van der Waals surface area contributed by atoms with Crippen LogP contribution in [0.2, 0.25) is 0 Å². The number of rotatable bonds is 8. The molecule has 0 atom stereocenters. The fourth-order valence-electron chi connectivity index (χ4n) is 2.67. The first-order chi connectivity index (χ1) is 13.6. The molecule has 28 heavy (non-hydrogen) atoms. The first-order valence-corrected chi connectivity index (χ1v) is 10.2. The molecule has 0 radical (unpaired) electrons. The van der Waals surface area contributed by atoms with Gasteiger partial charge in [-0.15, -0.1) is 11.3 Å². The lowest BCUT2D eigenvalue weighted by molar-refractivity contribution is 0.288. The molecule has 0 amide bonds. The molecule has 5 nitrogen and oxygen atoms in total. The molecule has 0 spiro atoms. The first-order valence-electron chi connectivity index (χ1n) is 9.32. The summed E-state index contributed by atoms with van der Waals surface area (Å²) in [6, 6.07) is 12.1. The van der Waals surface area contributed by atoms with E-state index >= 15 is 0 Å². The smallest absolute Gasteiger partial charge is 0.203 e. The summed E-state index contributed by atoms with van der Waals surface area (Å²) >= 11 is 1.53. The van der Waals surface area contributed by atoms with Crippen LogP contribution in [-0.4, -0.2) is 24.4 Å². The van der Waals surface area contributed by atoms with E-state index in [1.807, 2.05) is 37.4 Å². The number of anilines is 1. The maximum Gasteiger partial charge on any atom is 0.203 e. The third-order valence-corrected chi connectivity index (χ3v) is 5.00. The molecule has 146 valence electrons. The Morgan fingerprint density at radius 1 is 1.00 bits per heavy atom. The highest BCUT2D eigenvalue weighted by Gasteiger charge is 2.06. The molecule has 3 rings (SSSR count). The van der Waals surface area contributed by atoms with Gasteiger partial charge in [0.2, 0.25) is 5.13 Å². The van der Waals surface area contributed by atoms with Crippen LogP contribution in [-0.2, 0) is 0 Å². The van der Waals surface area contributed by atoms with Gasteiger partial charge >= 0.3 is 0 Å². The average Bonchev–Trinajstić information content (AvgIpc) is 3.15. The highest BCUT2D eigenvalue weighted by molar-refractivity contribution is 7.14. The van der Waals surface area contributed by atoms with Crippen molar-refractivity contribution in [3.63, 3.8) is 0 Å². The van der Waals surface area contributed by atoms with Gasteiger partial charge in [0.15, 0.2) is 11.5 Å². The Morgan fingerprint density at radius 3 is 2.54 bits per heavy atom. The van der Waals surface area contributed by atoms with Crippen LogP contribution in [0.1, 0.15) is 30.5 Å². The fourth-order valence-corrected chi connectivity index (χ4v) is 3.34. The minimum Gasteiger partial charge on any atom is -0.490 e. The van der Waals surface area contributed by atoms with Gasteiger partial charge in [0, 0.05) is 10.9 Å². The Labute approximate surface area is 170 Å². The van der Waals surface area contributed by atoms with Crippen molar-refractivity contribution in [2.24, 2.45) is 5.10 Å². The number of benzene rings is 2. The van der Waals surface area contributed by atoms with Crippen LogP contribution in [0.4, 0.5) is 5.13 Å². The van der Waals surface area contributed by atoms with E-state index in [9.17, 15) is 0 Å². The van der Waals surface area contributed by atoms with Crippen LogP contribution >= 0.6 is 11.3 Å². The molecule has 0 aliphatic heterocycles. The predicted molar refractivity (Wildman–Crippen MR) is 117 cm³/mol. The number of aryl methyl sites for hydroxylation is 2. The maximum absolute atomic E-state index is 5.65. The average molecular weight is 396 g/mol. The number of hydrogen-bond acceptors (Lipinski definition) is 6. The van der Waals surface area contributed by atoms with Gasteiger partial charge < -0.3 is 9.47 Å². The second-order valence-corrected chi connectivity index (χ2v) is 7.14. The summed E-state index contributed by atoms with van der Waals surface area (Å²) in [5.74, 6) is 1.46. The van der Waals surface area contributed by atoms with Crippen LogP contribution in [0.15, 0.2) is 46.9 Å². The molecule has 1 heterocycles. The monoisotopic (exact) mass is 395 g/mol. The van der Waals surface area contributed by atoms with E-state index < -0.39 is 0 Å². The van der Waals surface area contributed by atoms with Crippen molar-refractivity contribution in [1.82, 2.24) is 4.98 Å². The summed E-state index contributed by atoms with van der Waals surface area (Å²) in [5.41, 5.74) is 8.54. The van der Waals surface area contributed by atoms with Crippen molar-refractivity contribution >= 4 is 22.7 Å². The summed E-state index contributed by atoms with van der Waals surface area (Å²) < 4.78 is 11.2. The zero-order chi connectivity index (χ0) is 19.9. The van der Waals surface area contributed by atoms with Crippen molar-refractivity contribution in [2.75, 3.05) is 18.6 Å². The zero-order valence-corrected chi connectivity index (χ0v) is 17.5. The molecule has 0 aliphatic carbocycles. The highest BCUT2D eigenvalue weighted by atomic mass is 32.1. The molecule has 1 N–H and O–H groups in total. The topological polar surface area (TPSA) is 55.7 Å². The Kier molecular flexibility index (Phi) is 6.66. The number of hydrogen-bond donors (Lipinski definition) is 1. The summed E-state index contributed by atoms with van der Waals surface area (Å²) in [6.07, 6.45) is 1.75. The number of nitrogens with one attached hydrogen (secondary N) is 1. The number of nitrogens with zero attached hydrogens (tertiary/aromatic N) is 2. The summed E-state index contributed by atoms with van der Waals surface area (Å²) in [7, 11) is 0. The van der Waals surface area contributed by atoms with E-state index in [4.69, 9.17) is 9.47 Å². The van der Waals surface area contributed by atoms with Crippen molar-refractivity contribution in [3.8, 4) is 22.8 Å². The number of hydrazone groups is 1. The van der Waals surface area contributed by atoms with Crippen LogP contribution in [0.3, 0.4) is 0 Å². The molecule has 0 saturated heterocycles. The van der Waals surface area contributed by atoms with Crippen molar-refractivity contribution in [2.45, 2.75) is 27.7 Å². The SMILES string of the molecule is CCOc1ccc(/C=N\Nc2nc(-c3ccc(C)c(C)c3)cs2)cc1OCC. The van der Waals surface area contributed by atoms with E-state index in [1.165, 1.54) is 22.5 Å². The lowest BCUT2D eigenvalue weighted by Crippen LogP contribution is -1.99. The van der Waals surface area contributed by atoms with Crippen LogP contribution in [0, 0.1) is 13.8 Å². The van der Waals surface area contributed by atoms with Gasteiger partial charge in [-0.3, -0.25) is 5.43 Å². The lowest BCUT2D eigenvalue weighted by Gasteiger charge is -2.11. The van der Waals surface area contributed by atoms with E-state index in [0.717, 1.165) is 33.5 Å². The molecule has 1 aromatic heterocycles. The second-order valence-electron chi connectivity index (χ2n) is 6.28. The highest BCUT2D eigenvalue weighted by Crippen LogP contribution is 2.28. The van der Waals surface area contributed by atoms with Gasteiger partial charge in [0.1, 0.15) is 0 Å². The lowest BCUT2D eigenvalue weighted by atomic mass is 10.1. The third-order valence-electron chi connectivity index (χ3n) is 4.25. The van der Waals surface area contributed by atoms with Crippen molar-refractivity contribution in [3.05, 3.63) is 58.5 Å². The van der Waals surface area contributed by atoms with E-state index in [2.05, 4.69) is 47.6 Å². The Bertz CT molecular complexity index is 966. The van der Waals surface area contributed by atoms with Gasteiger partial charge in [0.05, 0.1) is 25.1 Å². The van der Waals surface area contributed by atoms with Gasteiger partial charge in [-0.05, 0) is 68.7 Å². The van der Waals surface area contributed by atoms with Gasteiger partial charge in [-0.2, -0.15) is 5.10 Å².